The van der Waals surface area contributed by atoms with Gasteiger partial charge in [0.25, 0.3) is 0 Å². The number of rotatable bonds is 2. The molecular weight excluding hydrogens is 308 g/mol. The van der Waals surface area contributed by atoms with Gasteiger partial charge in [-0.25, -0.2) is 0 Å². The number of allylic oxidation sites excluding steroid dienone is 1. The largest absolute Gasteiger partial charge is 0.392 e. The SMILES string of the molecule is COC1(OC)C(=O)[C@@]23CC[C@]45C(=CCC[C@H]4O)[C@@H]2C[C@@H]1C=C3[C@@H]5O. The topological polar surface area (TPSA) is 76.0 Å². The molecule has 2 spiro atoms. The number of carbonyl (C=O) groups is 1. The van der Waals surface area contributed by atoms with Gasteiger partial charge >= 0.3 is 0 Å². The number of hydrogen-bond donors (Lipinski definition) is 2. The van der Waals surface area contributed by atoms with E-state index in [1.807, 2.05) is 6.08 Å². The molecule has 130 valence electrons. The van der Waals surface area contributed by atoms with Crippen LogP contribution in [-0.4, -0.2) is 48.2 Å². The number of aliphatic hydroxyl groups excluding tert-OH is 2. The predicted molar refractivity (Wildman–Crippen MR) is 84.9 cm³/mol. The van der Waals surface area contributed by atoms with Crippen LogP contribution < -0.4 is 0 Å². The van der Waals surface area contributed by atoms with Gasteiger partial charge in [-0.1, -0.05) is 17.7 Å². The van der Waals surface area contributed by atoms with Crippen molar-refractivity contribution in [2.45, 2.75) is 50.1 Å². The summed E-state index contributed by atoms with van der Waals surface area (Å²) in [7, 11) is 3.06. The molecule has 0 unspecified atom stereocenters. The van der Waals surface area contributed by atoms with Crippen LogP contribution in [-0.2, 0) is 14.3 Å². The van der Waals surface area contributed by atoms with Crippen molar-refractivity contribution in [3.63, 3.8) is 0 Å². The van der Waals surface area contributed by atoms with Gasteiger partial charge in [-0.2, -0.15) is 0 Å². The number of carbonyl (C=O) groups excluding carboxylic acids is 1. The Hall–Kier alpha value is -1.01. The fourth-order valence-electron chi connectivity index (χ4n) is 6.83. The van der Waals surface area contributed by atoms with Crippen LogP contribution in [0.1, 0.15) is 32.1 Å². The van der Waals surface area contributed by atoms with E-state index in [1.54, 1.807) is 0 Å². The van der Waals surface area contributed by atoms with Crippen molar-refractivity contribution >= 4 is 5.78 Å². The molecule has 0 heterocycles. The Bertz CT molecular complexity index is 690. The molecule has 0 aromatic carbocycles. The van der Waals surface area contributed by atoms with Crippen molar-refractivity contribution in [2.75, 3.05) is 14.2 Å². The first-order valence-corrected chi connectivity index (χ1v) is 8.93. The summed E-state index contributed by atoms with van der Waals surface area (Å²) in [5.74, 6) is -1.38. The summed E-state index contributed by atoms with van der Waals surface area (Å²) in [6, 6.07) is 0. The number of Topliss-reactive ketones (excluding diaryl/α,β-unsaturated/α-hetero) is 1. The van der Waals surface area contributed by atoms with Gasteiger partial charge in [0.2, 0.25) is 11.6 Å². The Balaban J connectivity index is 1.78. The Morgan fingerprint density at radius 1 is 1.17 bits per heavy atom. The van der Waals surface area contributed by atoms with Crippen LogP contribution in [0.3, 0.4) is 0 Å². The van der Waals surface area contributed by atoms with Crippen molar-refractivity contribution in [1.82, 2.24) is 0 Å². The average molecular weight is 332 g/mol. The lowest BCUT2D eigenvalue weighted by atomic mass is 9.35. The number of aliphatic hydroxyl groups is 2. The van der Waals surface area contributed by atoms with Crippen molar-refractivity contribution in [3.8, 4) is 0 Å². The maximum atomic E-state index is 13.6. The standard InChI is InChI=1S/C19H24O5/c1-23-19(24-2)10-8-12-11-4-3-5-14(20)18(11)7-6-17(12,16(19)22)13(9-10)15(18)21/h4,9-10,12,14-15,20-21H,3,5-8H2,1-2H3/t10-,12+,14-,15+,17+,18+/m1/s1. The second-order valence-electron chi connectivity index (χ2n) is 8.09. The second-order valence-corrected chi connectivity index (χ2v) is 8.09. The van der Waals surface area contributed by atoms with Crippen LogP contribution in [0, 0.1) is 22.7 Å². The summed E-state index contributed by atoms with van der Waals surface area (Å²) in [5.41, 5.74) is 0.644. The first kappa shape index (κ1) is 15.3. The number of hydrogen-bond acceptors (Lipinski definition) is 5. The summed E-state index contributed by atoms with van der Waals surface area (Å²) in [6.07, 6.45) is 6.50. The molecule has 5 heteroatoms. The minimum atomic E-state index is -1.23. The maximum Gasteiger partial charge on any atom is 0.235 e. The van der Waals surface area contributed by atoms with Crippen molar-refractivity contribution in [3.05, 3.63) is 23.3 Å². The second kappa shape index (κ2) is 4.39. The van der Waals surface area contributed by atoms with Gasteiger partial charge < -0.3 is 19.7 Å². The fourth-order valence-corrected chi connectivity index (χ4v) is 6.83. The molecule has 5 nitrogen and oxygen atoms in total. The molecule has 0 aliphatic heterocycles. The third kappa shape index (κ3) is 1.25. The van der Waals surface area contributed by atoms with Crippen LogP contribution >= 0.6 is 0 Å². The normalized spacial score (nSPS) is 50.4. The van der Waals surface area contributed by atoms with Gasteiger partial charge in [0.05, 0.1) is 17.6 Å². The van der Waals surface area contributed by atoms with Gasteiger partial charge in [0.1, 0.15) is 0 Å². The van der Waals surface area contributed by atoms with Crippen LogP contribution in [0.15, 0.2) is 23.3 Å². The van der Waals surface area contributed by atoms with E-state index in [9.17, 15) is 15.0 Å². The van der Waals surface area contributed by atoms with Gasteiger partial charge in [0, 0.05) is 25.6 Å². The lowest BCUT2D eigenvalue weighted by Crippen LogP contribution is -2.75. The first-order chi connectivity index (χ1) is 11.5. The highest BCUT2D eigenvalue weighted by Gasteiger charge is 2.77. The third-order valence-corrected chi connectivity index (χ3v) is 7.82. The number of fused-ring (bicyclic) bond motifs is 2. The van der Waals surface area contributed by atoms with E-state index in [-0.39, 0.29) is 17.6 Å². The lowest BCUT2D eigenvalue weighted by molar-refractivity contribution is -0.260. The Labute approximate surface area is 141 Å². The van der Waals surface area contributed by atoms with E-state index in [2.05, 4.69) is 6.08 Å². The Kier molecular flexibility index (Phi) is 2.79. The molecule has 0 radical (unpaired) electrons. The van der Waals surface area contributed by atoms with Gasteiger partial charge in [-0.15, -0.1) is 0 Å². The summed E-state index contributed by atoms with van der Waals surface area (Å²) >= 11 is 0. The quantitative estimate of drug-likeness (QED) is 0.590. The molecule has 0 saturated heterocycles. The first-order valence-electron chi connectivity index (χ1n) is 8.93. The molecule has 0 aromatic rings. The highest BCUT2D eigenvalue weighted by molar-refractivity contribution is 5.99. The molecule has 7 rings (SSSR count). The van der Waals surface area contributed by atoms with Crippen molar-refractivity contribution in [2.24, 2.45) is 22.7 Å². The average Bonchev–Trinajstić information content (AvgIpc) is 2.60. The fraction of sp³-hybridized carbons (Fsp3) is 0.737. The van der Waals surface area contributed by atoms with E-state index in [4.69, 9.17) is 9.47 Å². The highest BCUT2D eigenvalue weighted by atomic mass is 16.7. The molecule has 0 aromatic heterocycles. The van der Waals surface area contributed by atoms with E-state index in [0.717, 1.165) is 24.0 Å². The monoisotopic (exact) mass is 332 g/mol. The molecule has 7 aliphatic carbocycles. The number of ketones is 1. The minimum absolute atomic E-state index is 0.0351. The Morgan fingerprint density at radius 3 is 2.62 bits per heavy atom. The molecule has 4 fully saturated rings. The molecule has 5 bridgehead atoms. The molecule has 6 atom stereocenters. The molecule has 4 saturated carbocycles. The molecule has 2 N–H and O–H groups in total. The van der Waals surface area contributed by atoms with E-state index < -0.39 is 28.8 Å². The molecule has 24 heavy (non-hydrogen) atoms. The van der Waals surface area contributed by atoms with Crippen LogP contribution in [0.5, 0.6) is 0 Å². The smallest absolute Gasteiger partial charge is 0.235 e. The van der Waals surface area contributed by atoms with Gasteiger partial charge in [-0.3, -0.25) is 4.79 Å². The minimum Gasteiger partial charge on any atom is -0.392 e. The van der Waals surface area contributed by atoms with E-state index >= 15 is 0 Å². The van der Waals surface area contributed by atoms with Crippen LogP contribution in [0.2, 0.25) is 0 Å². The van der Waals surface area contributed by atoms with E-state index in [0.29, 0.717) is 19.3 Å². The lowest BCUT2D eigenvalue weighted by Gasteiger charge is -2.70. The van der Waals surface area contributed by atoms with E-state index in [1.165, 1.54) is 14.2 Å². The number of methoxy groups -OCH3 is 2. The third-order valence-electron chi connectivity index (χ3n) is 7.82. The van der Waals surface area contributed by atoms with Gasteiger partial charge in [-0.05, 0) is 43.6 Å². The molecule has 7 aliphatic rings. The van der Waals surface area contributed by atoms with Gasteiger partial charge in [0.15, 0.2) is 0 Å². The zero-order valence-electron chi connectivity index (χ0n) is 14.1. The Morgan fingerprint density at radius 2 is 1.92 bits per heavy atom. The zero-order valence-corrected chi connectivity index (χ0v) is 14.1. The highest BCUT2D eigenvalue weighted by Crippen LogP contribution is 2.74. The molecule has 0 amide bonds. The zero-order chi connectivity index (χ0) is 16.9. The van der Waals surface area contributed by atoms with Crippen LogP contribution in [0.25, 0.3) is 0 Å². The number of ether oxygens (including phenoxy) is 2. The maximum absolute atomic E-state index is 13.6. The summed E-state index contributed by atoms with van der Waals surface area (Å²) in [4.78, 5) is 13.6. The van der Waals surface area contributed by atoms with Crippen LogP contribution in [0.4, 0.5) is 0 Å². The summed E-state index contributed by atoms with van der Waals surface area (Å²) < 4.78 is 11.2. The summed E-state index contributed by atoms with van der Waals surface area (Å²) in [6.45, 7) is 0. The van der Waals surface area contributed by atoms with Crippen molar-refractivity contribution < 1.29 is 24.5 Å². The van der Waals surface area contributed by atoms with Crippen molar-refractivity contribution in [1.29, 1.82) is 0 Å². The predicted octanol–water partition coefficient (Wildman–Crippen LogP) is 1.34. The molecular formula is C19H24O5. The summed E-state index contributed by atoms with van der Waals surface area (Å²) in [5, 5.41) is 22.0.